The van der Waals surface area contributed by atoms with Gasteiger partial charge in [-0.3, -0.25) is 9.68 Å². The van der Waals surface area contributed by atoms with Gasteiger partial charge in [0, 0.05) is 0 Å². The summed E-state index contributed by atoms with van der Waals surface area (Å²) in [7, 11) is 0. The number of nitrogens with zero attached hydrogens (tertiary/aromatic N) is 1. The molecule has 0 radical (unpaired) electrons. The molecule has 0 saturated heterocycles. The van der Waals surface area contributed by atoms with E-state index >= 15 is 0 Å². The van der Waals surface area contributed by atoms with E-state index in [2.05, 4.69) is 19.1 Å². The third-order valence-electron chi connectivity index (χ3n) is 6.36. The first-order chi connectivity index (χ1) is 17.1. The van der Waals surface area contributed by atoms with Gasteiger partial charge in [0.2, 0.25) is 0 Å². The van der Waals surface area contributed by atoms with Crippen molar-refractivity contribution in [2.24, 2.45) is 0 Å². The summed E-state index contributed by atoms with van der Waals surface area (Å²) in [6, 6.07) is 0. The second kappa shape index (κ2) is 28.1. The first kappa shape index (κ1) is 34.5. The van der Waals surface area contributed by atoms with Gasteiger partial charge in [-0.25, -0.2) is 0 Å². The molecule has 0 saturated carbocycles. The molecule has 35 heavy (non-hydrogen) atoms. The summed E-state index contributed by atoms with van der Waals surface area (Å²) in [5.41, 5.74) is 0. The molecule has 0 bridgehead atoms. The van der Waals surface area contributed by atoms with Gasteiger partial charge in [0.1, 0.15) is 0 Å². The molecule has 2 atom stereocenters. The molecule has 0 spiro atoms. The van der Waals surface area contributed by atoms with Gasteiger partial charge in [0.15, 0.2) is 0 Å². The fourth-order valence-electron chi connectivity index (χ4n) is 4.07. The smallest absolute Gasteiger partial charge is 0.0711 e. The van der Waals surface area contributed by atoms with E-state index in [1.165, 1.54) is 83.5 Å². The summed E-state index contributed by atoms with van der Waals surface area (Å²) < 4.78 is 0. The highest BCUT2D eigenvalue weighted by molar-refractivity contribution is 4.81. The zero-order valence-electron chi connectivity index (χ0n) is 23.7. The molecular formula is C30H61NO4. The second-order valence-electron chi connectivity index (χ2n) is 10.4. The van der Waals surface area contributed by atoms with Crippen LogP contribution in [0, 0.1) is 0 Å². The number of aliphatic hydroxyl groups is 2. The Morgan fingerprint density at radius 3 is 1.46 bits per heavy atom. The number of hydroxylamine groups is 2. The quantitative estimate of drug-likeness (QED) is 0.0644. The summed E-state index contributed by atoms with van der Waals surface area (Å²) in [6.45, 7) is 8.00. The number of allylic oxidation sites excluding steroid dienone is 2. The van der Waals surface area contributed by atoms with Crippen LogP contribution < -0.4 is 0 Å². The van der Waals surface area contributed by atoms with E-state index in [1.807, 2.05) is 13.8 Å². The maximum atomic E-state index is 9.38. The highest BCUT2D eigenvalue weighted by atomic mass is 16.9. The van der Waals surface area contributed by atoms with Crippen molar-refractivity contribution in [1.29, 1.82) is 0 Å². The van der Waals surface area contributed by atoms with E-state index in [1.54, 1.807) is 5.23 Å². The lowest BCUT2D eigenvalue weighted by molar-refractivity contribution is -0.369. The number of hydrogen-bond acceptors (Lipinski definition) is 5. The molecule has 0 aliphatic heterocycles. The Morgan fingerprint density at radius 2 is 1.00 bits per heavy atom. The van der Waals surface area contributed by atoms with Crippen molar-refractivity contribution in [3.63, 3.8) is 0 Å². The van der Waals surface area contributed by atoms with Crippen molar-refractivity contribution >= 4 is 0 Å². The molecule has 0 fully saturated rings. The molecule has 0 amide bonds. The average Bonchev–Trinajstić information content (AvgIpc) is 2.82. The molecule has 5 nitrogen and oxygen atoms in total. The predicted molar refractivity (Wildman–Crippen MR) is 149 cm³/mol. The molecule has 5 heteroatoms. The molecule has 0 aromatic rings. The lowest BCUT2D eigenvalue weighted by Gasteiger charge is -2.21. The van der Waals surface area contributed by atoms with E-state index in [0.29, 0.717) is 13.2 Å². The van der Waals surface area contributed by atoms with Crippen LogP contribution in [0.25, 0.3) is 0 Å². The minimum atomic E-state index is -0.239. The Hall–Kier alpha value is -0.460. The fraction of sp³-hybridized carbons (Fsp3) is 0.933. The molecule has 210 valence electrons. The highest BCUT2D eigenvalue weighted by Gasteiger charge is 2.07. The standard InChI is InChI=1S/C30H61NO4/c1-4-5-6-7-8-9-10-11-12-13-14-15-16-17-18-21-26-31(34-27-22-19-24-29(2)32)35-28-23-20-25-30(3)33/h11-12,29-30,32-33H,4-10,13-28H2,1-3H3/b12-11-. The number of hydrogen-bond donors (Lipinski definition) is 2. The Kier molecular flexibility index (Phi) is 27.7. The molecule has 2 unspecified atom stereocenters. The van der Waals surface area contributed by atoms with E-state index in [9.17, 15) is 10.2 Å². The van der Waals surface area contributed by atoms with Crippen LogP contribution in [0.5, 0.6) is 0 Å². The zero-order chi connectivity index (χ0) is 25.8. The molecule has 0 aromatic heterocycles. The van der Waals surface area contributed by atoms with Gasteiger partial charge >= 0.3 is 0 Å². The Bertz CT molecular complexity index is 411. The van der Waals surface area contributed by atoms with Crippen LogP contribution in [0.1, 0.15) is 149 Å². The van der Waals surface area contributed by atoms with Crippen LogP contribution in [0.3, 0.4) is 0 Å². The fourth-order valence-corrected chi connectivity index (χ4v) is 4.07. The lowest BCUT2D eigenvalue weighted by atomic mass is 10.1. The van der Waals surface area contributed by atoms with Crippen molar-refractivity contribution in [3.05, 3.63) is 12.2 Å². The van der Waals surface area contributed by atoms with Crippen molar-refractivity contribution in [2.75, 3.05) is 19.8 Å². The van der Waals surface area contributed by atoms with Gasteiger partial charge < -0.3 is 10.2 Å². The van der Waals surface area contributed by atoms with Crippen LogP contribution in [0.2, 0.25) is 0 Å². The Balaban J connectivity index is 3.73. The Morgan fingerprint density at radius 1 is 0.571 bits per heavy atom. The maximum absolute atomic E-state index is 9.38. The summed E-state index contributed by atoms with van der Waals surface area (Å²) in [4.78, 5) is 11.7. The number of unbranched alkanes of at least 4 members (excludes halogenated alkanes) is 14. The maximum Gasteiger partial charge on any atom is 0.0711 e. The minimum absolute atomic E-state index is 0.239. The third kappa shape index (κ3) is 29.7. The number of aliphatic hydroxyl groups excluding tert-OH is 2. The van der Waals surface area contributed by atoms with Crippen molar-refractivity contribution in [2.45, 2.75) is 161 Å². The molecule has 0 aromatic carbocycles. The van der Waals surface area contributed by atoms with E-state index in [-0.39, 0.29) is 12.2 Å². The largest absolute Gasteiger partial charge is 0.393 e. The van der Waals surface area contributed by atoms with Crippen LogP contribution in [-0.4, -0.2) is 47.4 Å². The van der Waals surface area contributed by atoms with Gasteiger partial charge in [-0.15, -0.1) is 0 Å². The van der Waals surface area contributed by atoms with Crippen LogP contribution in [-0.2, 0) is 9.68 Å². The Labute approximate surface area is 218 Å². The summed E-state index contributed by atoms with van der Waals surface area (Å²) in [6.07, 6.45) is 28.0. The van der Waals surface area contributed by atoms with Crippen LogP contribution >= 0.6 is 0 Å². The summed E-state index contributed by atoms with van der Waals surface area (Å²) in [5.74, 6) is 0. The zero-order valence-corrected chi connectivity index (χ0v) is 23.7. The van der Waals surface area contributed by atoms with Crippen molar-refractivity contribution < 1.29 is 19.9 Å². The molecular weight excluding hydrogens is 438 g/mol. The van der Waals surface area contributed by atoms with Gasteiger partial charge in [-0.2, -0.15) is 0 Å². The first-order valence-electron chi connectivity index (χ1n) is 15.1. The van der Waals surface area contributed by atoms with Gasteiger partial charge in [0.05, 0.1) is 32.0 Å². The lowest BCUT2D eigenvalue weighted by Crippen LogP contribution is -2.27. The van der Waals surface area contributed by atoms with Crippen molar-refractivity contribution in [3.8, 4) is 0 Å². The molecule has 0 aliphatic rings. The normalized spacial score (nSPS) is 13.8. The summed E-state index contributed by atoms with van der Waals surface area (Å²) in [5, 5.41) is 20.4. The van der Waals surface area contributed by atoms with E-state index in [4.69, 9.17) is 9.68 Å². The van der Waals surface area contributed by atoms with Crippen LogP contribution in [0.4, 0.5) is 0 Å². The van der Waals surface area contributed by atoms with Gasteiger partial charge in [0.25, 0.3) is 0 Å². The van der Waals surface area contributed by atoms with E-state index in [0.717, 1.165) is 51.5 Å². The van der Waals surface area contributed by atoms with Crippen molar-refractivity contribution in [1.82, 2.24) is 5.23 Å². The SMILES string of the molecule is CCCCCCCC/C=C\CCCCCCCCN(OCCCCC(C)O)OCCCCC(C)O. The average molecular weight is 500 g/mol. The van der Waals surface area contributed by atoms with Gasteiger partial charge in [-0.05, 0) is 84.5 Å². The first-order valence-corrected chi connectivity index (χ1v) is 15.1. The highest BCUT2D eigenvalue weighted by Crippen LogP contribution is 2.11. The monoisotopic (exact) mass is 499 g/mol. The van der Waals surface area contributed by atoms with Gasteiger partial charge in [-0.1, -0.05) is 82.1 Å². The van der Waals surface area contributed by atoms with E-state index < -0.39 is 0 Å². The van der Waals surface area contributed by atoms with Crippen LogP contribution in [0.15, 0.2) is 12.2 Å². The third-order valence-corrected chi connectivity index (χ3v) is 6.36. The second-order valence-corrected chi connectivity index (χ2v) is 10.4. The molecule has 2 N–H and O–H groups in total. The molecule has 0 aliphatic carbocycles. The predicted octanol–water partition coefficient (Wildman–Crippen LogP) is 8.29. The minimum Gasteiger partial charge on any atom is -0.393 e. The molecule has 0 heterocycles. The summed E-state index contributed by atoms with van der Waals surface area (Å²) >= 11 is 0. The molecule has 0 rings (SSSR count). The number of rotatable bonds is 28. The topological polar surface area (TPSA) is 62.2 Å².